The summed E-state index contributed by atoms with van der Waals surface area (Å²) >= 11 is 0. The zero-order valence-corrected chi connectivity index (χ0v) is 11.1. The van der Waals surface area contributed by atoms with Crippen LogP contribution in [0.5, 0.6) is 0 Å². The monoisotopic (exact) mass is 275 g/mol. The molecule has 1 saturated heterocycles. The number of nitriles is 1. The van der Waals surface area contributed by atoms with Gasteiger partial charge in [-0.2, -0.15) is 5.26 Å². The van der Waals surface area contributed by atoms with Crippen LogP contribution in [0.15, 0.2) is 18.3 Å². The lowest BCUT2D eigenvalue weighted by Gasteiger charge is -2.27. The van der Waals surface area contributed by atoms with Crippen molar-refractivity contribution in [3.8, 4) is 6.07 Å². The summed E-state index contributed by atoms with van der Waals surface area (Å²) in [7, 11) is 0. The molecule has 6 heteroatoms. The number of aromatic nitrogens is 1. The summed E-state index contributed by atoms with van der Waals surface area (Å²) in [5, 5.41) is 21.1. The number of nitrogens with zero attached hydrogens (tertiary/aromatic N) is 2. The maximum atomic E-state index is 11.4. The minimum Gasteiger partial charge on any atom is -0.481 e. The predicted molar refractivity (Wildman–Crippen MR) is 72.1 cm³/mol. The first-order valence-electron chi connectivity index (χ1n) is 6.61. The maximum absolute atomic E-state index is 11.4. The average Bonchev–Trinajstić information content (AvgIpc) is 2.49. The number of ether oxygens (including phenoxy) is 1. The standard InChI is InChI=1S/C14H17N3O3/c15-7-10-1-2-13(16-8-10)17-9-12(14(18)19)11-3-5-20-6-4-11/h1-2,8,11-12H,3-6,9H2,(H,16,17)(H,18,19). The number of rotatable bonds is 5. The van der Waals surface area contributed by atoms with Crippen molar-refractivity contribution in [1.29, 1.82) is 5.26 Å². The average molecular weight is 275 g/mol. The Balaban J connectivity index is 1.94. The Bertz CT molecular complexity index is 489. The van der Waals surface area contributed by atoms with E-state index >= 15 is 0 Å². The molecule has 0 saturated carbocycles. The number of carbonyl (C=O) groups is 1. The summed E-state index contributed by atoms with van der Waals surface area (Å²) in [5.41, 5.74) is 0.481. The van der Waals surface area contributed by atoms with Crippen molar-refractivity contribution >= 4 is 11.8 Å². The predicted octanol–water partition coefficient (Wildman–Crippen LogP) is 1.49. The van der Waals surface area contributed by atoms with Crippen LogP contribution in [0.1, 0.15) is 18.4 Å². The highest BCUT2D eigenvalue weighted by Crippen LogP contribution is 2.24. The lowest BCUT2D eigenvalue weighted by atomic mass is 9.86. The Morgan fingerprint density at radius 3 is 2.85 bits per heavy atom. The molecule has 0 aliphatic carbocycles. The molecule has 2 rings (SSSR count). The van der Waals surface area contributed by atoms with E-state index in [1.165, 1.54) is 6.20 Å². The van der Waals surface area contributed by atoms with E-state index in [4.69, 9.17) is 10.00 Å². The number of hydrogen-bond donors (Lipinski definition) is 2. The van der Waals surface area contributed by atoms with Crippen molar-refractivity contribution in [3.05, 3.63) is 23.9 Å². The summed E-state index contributed by atoms with van der Waals surface area (Å²) in [6.45, 7) is 1.59. The molecule has 1 atom stereocenters. The lowest BCUT2D eigenvalue weighted by molar-refractivity contribution is -0.144. The van der Waals surface area contributed by atoms with Gasteiger partial charge in [-0.25, -0.2) is 4.98 Å². The molecule has 106 valence electrons. The van der Waals surface area contributed by atoms with Crippen LogP contribution in [0.2, 0.25) is 0 Å². The van der Waals surface area contributed by atoms with Crippen LogP contribution in [0.4, 0.5) is 5.82 Å². The molecule has 1 aliphatic rings. The molecular formula is C14H17N3O3. The Kier molecular flexibility index (Phi) is 4.91. The van der Waals surface area contributed by atoms with E-state index < -0.39 is 11.9 Å². The van der Waals surface area contributed by atoms with E-state index in [1.807, 2.05) is 6.07 Å². The molecule has 0 bridgehead atoms. The summed E-state index contributed by atoms with van der Waals surface area (Å²) in [4.78, 5) is 15.5. The lowest BCUT2D eigenvalue weighted by Crippen LogP contribution is -2.34. The molecule has 1 fully saturated rings. The van der Waals surface area contributed by atoms with Crippen molar-refractivity contribution in [2.45, 2.75) is 12.8 Å². The van der Waals surface area contributed by atoms with Gasteiger partial charge in [-0.05, 0) is 30.9 Å². The van der Waals surface area contributed by atoms with Gasteiger partial charge >= 0.3 is 5.97 Å². The van der Waals surface area contributed by atoms with Gasteiger partial charge in [-0.3, -0.25) is 4.79 Å². The molecular weight excluding hydrogens is 258 g/mol. The van der Waals surface area contributed by atoms with Crippen molar-refractivity contribution in [1.82, 2.24) is 4.98 Å². The maximum Gasteiger partial charge on any atom is 0.308 e. The van der Waals surface area contributed by atoms with Crippen LogP contribution in [0.25, 0.3) is 0 Å². The fraction of sp³-hybridized carbons (Fsp3) is 0.500. The van der Waals surface area contributed by atoms with E-state index in [2.05, 4.69) is 10.3 Å². The molecule has 1 aromatic heterocycles. The van der Waals surface area contributed by atoms with E-state index in [-0.39, 0.29) is 5.92 Å². The highest BCUT2D eigenvalue weighted by molar-refractivity contribution is 5.71. The molecule has 0 radical (unpaired) electrons. The molecule has 0 spiro atoms. The van der Waals surface area contributed by atoms with Gasteiger partial charge in [0.1, 0.15) is 11.9 Å². The van der Waals surface area contributed by atoms with Gasteiger partial charge in [0.05, 0.1) is 11.5 Å². The molecule has 1 aliphatic heterocycles. The van der Waals surface area contributed by atoms with Gasteiger partial charge < -0.3 is 15.2 Å². The normalized spacial score (nSPS) is 17.1. The topological polar surface area (TPSA) is 95.2 Å². The minimum atomic E-state index is -0.793. The van der Waals surface area contributed by atoms with Crippen LogP contribution in [0, 0.1) is 23.2 Å². The van der Waals surface area contributed by atoms with E-state index in [1.54, 1.807) is 12.1 Å². The number of nitrogens with one attached hydrogen (secondary N) is 1. The first kappa shape index (κ1) is 14.3. The Hall–Kier alpha value is -2.13. The van der Waals surface area contributed by atoms with Crippen LogP contribution >= 0.6 is 0 Å². The number of pyridine rings is 1. The van der Waals surface area contributed by atoms with Gasteiger partial charge in [0.2, 0.25) is 0 Å². The van der Waals surface area contributed by atoms with Crippen LogP contribution in [0.3, 0.4) is 0 Å². The Labute approximate surface area is 117 Å². The van der Waals surface area contributed by atoms with Gasteiger partial charge in [-0.15, -0.1) is 0 Å². The molecule has 1 unspecified atom stereocenters. The third kappa shape index (κ3) is 3.68. The van der Waals surface area contributed by atoms with Crippen LogP contribution < -0.4 is 5.32 Å². The van der Waals surface area contributed by atoms with Crippen LogP contribution in [-0.2, 0) is 9.53 Å². The van der Waals surface area contributed by atoms with E-state index in [9.17, 15) is 9.90 Å². The smallest absolute Gasteiger partial charge is 0.308 e. The number of carboxylic acids is 1. The second-order valence-corrected chi connectivity index (χ2v) is 4.82. The van der Waals surface area contributed by atoms with Crippen molar-refractivity contribution in [3.63, 3.8) is 0 Å². The second-order valence-electron chi connectivity index (χ2n) is 4.82. The molecule has 0 aromatic carbocycles. The van der Waals surface area contributed by atoms with Crippen molar-refractivity contribution in [2.24, 2.45) is 11.8 Å². The molecule has 20 heavy (non-hydrogen) atoms. The van der Waals surface area contributed by atoms with Gasteiger partial charge in [0.15, 0.2) is 0 Å². The highest BCUT2D eigenvalue weighted by Gasteiger charge is 2.29. The number of anilines is 1. The van der Waals surface area contributed by atoms with Gasteiger partial charge in [-0.1, -0.05) is 0 Å². The molecule has 2 N–H and O–H groups in total. The van der Waals surface area contributed by atoms with Crippen molar-refractivity contribution in [2.75, 3.05) is 25.1 Å². The molecule has 6 nitrogen and oxygen atoms in total. The molecule has 1 aromatic rings. The summed E-state index contributed by atoms with van der Waals surface area (Å²) in [6.07, 6.45) is 3.02. The summed E-state index contributed by atoms with van der Waals surface area (Å²) < 4.78 is 5.26. The van der Waals surface area contributed by atoms with E-state index in [0.717, 1.165) is 12.8 Å². The highest BCUT2D eigenvalue weighted by atomic mass is 16.5. The largest absolute Gasteiger partial charge is 0.481 e. The zero-order chi connectivity index (χ0) is 14.4. The summed E-state index contributed by atoms with van der Waals surface area (Å²) in [5.74, 6) is -0.524. The zero-order valence-electron chi connectivity index (χ0n) is 11.1. The first-order chi connectivity index (χ1) is 9.70. The number of carboxylic acid groups (broad SMARTS) is 1. The fourth-order valence-electron chi connectivity index (χ4n) is 2.35. The quantitative estimate of drug-likeness (QED) is 0.845. The van der Waals surface area contributed by atoms with E-state index in [0.29, 0.717) is 31.1 Å². The Morgan fingerprint density at radius 2 is 2.30 bits per heavy atom. The van der Waals surface area contributed by atoms with Crippen molar-refractivity contribution < 1.29 is 14.6 Å². The fourth-order valence-corrected chi connectivity index (χ4v) is 2.35. The van der Waals surface area contributed by atoms with Gasteiger partial charge in [0.25, 0.3) is 0 Å². The number of hydrogen-bond acceptors (Lipinski definition) is 5. The SMILES string of the molecule is N#Cc1ccc(NCC(C(=O)O)C2CCOCC2)nc1. The Morgan fingerprint density at radius 1 is 1.55 bits per heavy atom. The summed E-state index contributed by atoms with van der Waals surface area (Å²) in [6, 6.07) is 5.33. The first-order valence-corrected chi connectivity index (χ1v) is 6.61. The molecule has 2 heterocycles. The minimum absolute atomic E-state index is 0.132. The third-order valence-electron chi connectivity index (χ3n) is 3.55. The second kappa shape index (κ2) is 6.87. The van der Waals surface area contributed by atoms with Crippen LogP contribution in [-0.4, -0.2) is 35.8 Å². The molecule has 0 amide bonds. The number of aliphatic carboxylic acids is 1. The van der Waals surface area contributed by atoms with Gasteiger partial charge in [0, 0.05) is 26.0 Å². The third-order valence-corrected chi connectivity index (χ3v) is 3.55.